The van der Waals surface area contributed by atoms with Gasteiger partial charge in [0.25, 0.3) is 5.91 Å². The van der Waals surface area contributed by atoms with Crippen LogP contribution in [-0.4, -0.2) is 26.8 Å². The van der Waals surface area contributed by atoms with Crippen LogP contribution in [0.5, 0.6) is 0 Å². The van der Waals surface area contributed by atoms with Crippen molar-refractivity contribution in [3.8, 4) is 0 Å². The molecule has 1 aromatic carbocycles. The van der Waals surface area contributed by atoms with Crippen LogP contribution in [0.25, 0.3) is 0 Å². The van der Waals surface area contributed by atoms with Crippen molar-refractivity contribution in [2.24, 2.45) is 0 Å². The lowest BCUT2D eigenvalue weighted by molar-refractivity contribution is -0.114. The highest BCUT2D eigenvalue weighted by Crippen LogP contribution is 2.18. The fourth-order valence-corrected chi connectivity index (χ4v) is 2.30. The van der Waals surface area contributed by atoms with Crippen molar-refractivity contribution in [2.45, 2.75) is 13.5 Å². The van der Waals surface area contributed by atoms with Crippen LogP contribution in [0, 0.1) is 0 Å². The van der Waals surface area contributed by atoms with Gasteiger partial charge < -0.3 is 16.0 Å². The zero-order chi connectivity index (χ0) is 19.1. The van der Waals surface area contributed by atoms with Gasteiger partial charge in [-0.3, -0.25) is 14.6 Å². The van der Waals surface area contributed by atoms with E-state index in [1.165, 1.54) is 19.3 Å². The molecule has 0 radical (unpaired) electrons. The molecule has 27 heavy (non-hydrogen) atoms. The molecule has 0 fully saturated rings. The first-order chi connectivity index (χ1) is 13.1. The quantitative estimate of drug-likeness (QED) is 0.622. The second-order valence-electron chi connectivity index (χ2n) is 5.73. The number of hydrogen-bond donors (Lipinski definition) is 3. The Morgan fingerprint density at radius 1 is 1.00 bits per heavy atom. The smallest absolute Gasteiger partial charge is 0.254 e. The molecule has 0 bridgehead atoms. The summed E-state index contributed by atoms with van der Waals surface area (Å²) in [6, 6.07) is 10.9. The molecule has 0 atom stereocenters. The number of hydrogen-bond acceptors (Lipinski definition) is 6. The largest absolute Gasteiger partial charge is 0.348 e. The Morgan fingerprint density at radius 2 is 1.78 bits per heavy atom. The Labute approximate surface area is 156 Å². The molecule has 2 aromatic heterocycles. The molecule has 0 aliphatic carbocycles. The predicted molar refractivity (Wildman–Crippen MR) is 101 cm³/mol. The van der Waals surface area contributed by atoms with Gasteiger partial charge in [0.15, 0.2) is 0 Å². The highest BCUT2D eigenvalue weighted by Gasteiger charge is 2.07. The first-order valence-electron chi connectivity index (χ1n) is 8.24. The lowest BCUT2D eigenvalue weighted by atomic mass is 10.2. The molecule has 0 aliphatic rings. The molecule has 2 heterocycles. The minimum absolute atomic E-state index is 0.148. The van der Waals surface area contributed by atoms with Crippen LogP contribution in [0.1, 0.15) is 22.8 Å². The average Bonchev–Trinajstić information content (AvgIpc) is 2.67. The van der Waals surface area contributed by atoms with Gasteiger partial charge in [0, 0.05) is 49.6 Å². The standard InChI is InChI=1S/C19H18N6O2/c1-13(26)24-16-5-2-6-17(8-16)25-19-22-11-15(12-23-19)18(27)21-10-14-4-3-7-20-9-14/h2-9,11-12H,10H2,1H3,(H,21,27)(H,24,26)(H,22,23,25). The molecular weight excluding hydrogens is 344 g/mol. The van der Waals surface area contributed by atoms with Gasteiger partial charge in [0.1, 0.15) is 0 Å². The Hall–Kier alpha value is -3.81. The van der Waals surface area contributed by atoms with Gasteiger partial charge in [0.2, 0.25) is 11.9 Å². The van der Waals surface area contributed by atoms with Gasteiger partial charge in [-0.25, -0.2) is 9.97 Å². The monoisotopic (exact) mass is 362 g/mol. The maximum Gasteiger partial charge on any atom is 0.254 e. The summed E-state index contributed by atoms with van der Waals surface area (Å²) in [6.45, 7) is 1.82. The van der Waals surface area contributed by atoms with Crippen LogP contribution >= 0.6 is 0 Å². The van der Waals surface area contributed by atoms with E-state index >= 15 is 0 Å². The van der Waals surface area contributed by atoms with E-state index in [9.17, 15) is 9.59 Å². The summed E-state index contributed by atoms with van der Waals surface area (Å²) in [6.07, 6.45) is 6.27. The van der Waals surface area contributed by atoms with E-state index in [4.69, 9.17) is 0 Å². The normalized spacial score (nSPS) is 10.1. The van der Waals surface area contributed by atoms with Crippen molar-refractivity contribution in [2.75, 3.05) is 10.6 Å². The van der Waals surface area contributed by atoms with Crippen LogP contribution in [0.3, 0.4) is 0 Å². The lowest BCUT2D eigenvalue weighted by Crippen LogP contribution is -2.23. The number of aromatic nitrogens is 3. The van der Waals surface area contributed by atoms with E-state index in [-0.39, 0.29) is 11.8 Å². The first-order valence-corrected chi connectivity index (χ1v) is 8.24. The van der Waals surface area contributed by atoms with Gasteiger partial charge in [-0.15, -0.1) is 0 Å². The molecule has 0 unspecified atom stereocenters. The summed E-state index contributed by atoms with van der Waals surface area (Å²) >= 11 is 0. The summed E-state index contributed by atoms with van der Waals surface area (Å²) in [5, 5.41) is 8.52. The summed E-state index contributed by atoms with van der Waals surface area (Å²) in [5.41, 5.74) is 2.65. The SMILES string of the molecule is CC(=O)Nc1cccc(Nc2ncc(C(=O)NCc3cccnc3)cn2)c1. The second kappa shape index (κ2) is 8.52. The number of nitrogens with one attached hydrogen (secondary N) is 3. The Balaban J connectivity index is 1.60. The van der Waals surface area contributed by atoms with Crippen molar-refractivity contribution in [3.05, 3.63) is 72.3 Å². The Morgan fingerprint density at radius 3 is 2.48 bits per heavy atom. The summed E-state index contributed by atoms with van der Waals surface area (Å²) in [7, 11) is 0. The third kappa shape index (κ3) is 5.33. The molecule has 0 aliphatic heterocycles. The average molecular weight is 362 g/mol. The topological polar surface area (TPSA) is 109 Å². The number of pyridine rings is 1. The molecule has 2 amide bonds. The summed E-state index contributed by atoms with van der Waals surface area (Å²) in [4.78, 5) is 35.6. The molecular formula is C19H18N6O2. The number of carbonyl (C=O) groups is 2. The molecule has 3 aromatic rings. The van der Waals surface area contributed by atoms with Crippen LogP contribution in [0.15, 0.2) is 61.2 Å². The third-order valence-electron chi connectivity index (χ3n) is 3.53. The summed E-state index contributed by atoms with van der Waals surface area (Å²) in [5.74, 6) is -0.0677. The van der Waals surface area contributed by atoms with Crippen LogP contribution < -0.4 is 16.0 Å². The highest BCUT2D eigenvalue weighted by molar-refractivity contribution is 5.93. The van der Waals surface area contributed by atoms with Crippen LogP contribution in [-0.2, 0) is 11.3 Å². The molecule has 0 saturated carbocycles. The minimum Gasteiger partial charge on any atom is -0.348 e. The number of anilines is 3. The Kier molecular flexibility index (Phi) is 5.68. The number of carbonyl (C=O) groups excluding carboxylic acids is 2. The zero-order valence-corrected chi connectivity index (χ0v) is 14.6. The number of benzene rings is 1. The van der Waals surface area contributed by atoms with Crippen molar-refractivity contribution in [1.29, 1.82) is 0 Å². The predicted octanol–water partition coefficient (Wildman–Crippen LogP) is 2.50. The molecule has 0 saturated heterocycles. The van der Waals surface area contributed by atoms with Crippen molar-refractivity contribution < 1.29 is 9.59 Å². The van der Waals surface area contributed by atoms with Crippen molar-refractivity contribution >= 4 is 29.1 Å². The third-order valence-corrected chi connectivity index (χ3v) is 3.53. The molecule has 136 valence electrons. The van der Waals surface area contributed by atoms with Crippen LogP contribution in [0.4, 0.5) is 17.3 Å². The van der Waals surface area contributed by atoms with Crippen LogP contribution in [0.2, 0.25) is 0 Å². The minimum atomic E-state index is -0.266. The second-order valence-corrected chi connectivity index (χ2v) is 5.73. The van der Waals surface area contributed by atoms with E-state index in [0.29, 0.717) is 23.7 Å². The fraction of sp³-hybridized carbons (Fsp3) is 0.105. The fourth-order valence-electron chi connectivity index (χ4n) is 2.30. The number of amides is 2. The van der Waals surface area contributed by atoms with Crippen molar-refractivity contribution in [3.63, 3.8) is 0 Å². The molecule has 8 nitrogen and oxygen atoms in total. The first kappa shape index (κ1) is 18.0. The van der Waals surface area contributed by atoms with E-state index in [1.807, 2.05) is 18.2 Å². The number of nitrogens with zero attached hydrogens (tertiary/aromatic N) is 3. The van der Waals surface area contributed by atoms with Gasteiger partial charge >= 0.3 is 0 Å². The molecule has 0 spiro atoms. The molecule has 3 N–H and O–H groups in total. The molecule has 3 rings (SSSR count). The van der Waals surface area contributed by atoms with E-state index in [0.717, 1.165) is 11.3 Å². The maximum absolute atomic E-state index is 12.2. The lowest BCUT2D eigenvalue weighted by Gasteiger charge is -2.08. The Bertz CT molecular complexity index is 928. The number of rotatable bonds is 6. The van der Waals surface area contributed by atoms with Gasteiger partial charge in [-0.05, 0) is 29.8 Å². The van der Waals surface area contributed by atoms with E-state index < -0.39 is 0 Å². The molecule has 8 heteroatoms. The maximum atomic E-state index is 12.2. The zero-order valence-electron chi connectivity index (χ0n) is 14.6. The van der Waals surface area contributed by atoms with Gasteiger partial charge in [0.05, 0.1) is 5.56 Å². The summed E-state index contributed by atoms with van der Waals surface area (Å²) < 4.78 is 0. The van der Waals surface area contributed by atoms with E-state index in [1.54, 1.807) is 30.6 Å². The van der Waals surface area contributed by atoms with Gasteiger partial charge in [-0.2, -0.15) is 0 Å². The van der Waals surface area contributed by atoms with E-state index in [2.05, 4.69) is 30.9 Å². The van der Waals surface area contributed by atoms with Gasteiger partial charge in [-0.1, -0.05) is 12.1 Å². The van der Waals surface area contributed by atoms with Crippen molar-refractivity contribution in [1.82, 2.24) is 20.3 Å². The highest BCUT2D eigenvalue weighted by atomic mass is 16.2.